The van der Waals surface area contributed by atoms with E-state index in [9.17, 15) is 28.4 Å². The highest BCUT2D eigenvalue weighted by Gasteiger charge is 2.54. The van der Waals surface area contributed by atoms with Crippen molar-refractivity contribution in [1.29, 1.82) is 0 Å². The molecule has 7 N–H and O–H groups in total. The van der Waals surface area contributed by atoms with Gasteiger partial charge in [0.05, 0.1) is 19.5 Å². The highest BCUT2D eigenvalue weighted by Crippen LogP contribution is 2.64. The Morgan fingerprint density at radius 1 is 0.891 bits per heavy atom. The van der Waals surface area contributed by atoms with E-state index in [0.717, 1.165) is 44.2 Å². The van der Waals surface area contributed by atoms with E-state index in [1.165, 1.54) is 36.7 Å². The number of fused-ring (bicyclic) bond motifs is 4. The van der Waals surface area contributed by atoms with Crippen molar-refractivity contribution in [1.82, 2.24) is 35.2 Å². The Bertz CT molecular complexity index is 2420. The number of nitrogens with one attached hydrogen (secondary N) is 1. The van der Waals surface area contributed by atoms with Crippen molar-refractivity contribution < 1.29 is 59.9 Å². The van der Waals surface area contributed by atoms with Gasteiger partial charge in [0.15, 0.2) is 36.3 Å². The Morgan fingerprint density at radius 3 is 2.30 bits per heavy atom. The summed E-state index contributed by atoms with van der Waals surface area (Å²) in [4.78, 5) is 64.4. The molecule has 3 aromatic heterocycles. The number of phosphoric ester groups is 1. The summed E-state index contributed by atoms with van der Waals surface area (Å²) in [7, 11) is -5.52. The van der Waals surface area contributed by atoms with Gasteiger partial charge in [0, 0.05) is 24.4 Å². The number of halogens is 2. The van der Waals surface area contributed by atoms with E-state index >= 15 is 8.78 Å². The summed E-state index contributed by atoms with van der Waals surface area (Å²) in [5.41, 5.74) is 4.75. The van der Waals surface area contributed by atoms with Crippen molar-refractivity contribution in [2.75, 3.05) is 18.9 Å². The van der Waals surface area contributed by atoms with Crippen LogP contribution in [0.1, 0.15) is 89.2 Å². The highest BCUT2D eigenvalue weighted by atomic mass is 32.7. The molecule has 3 fully saturated rings. The predicted molar refractivity (Wildman–Crippen MR) is 227 cm³/mol. The second kappa shape index (κ2) is 22.0. The van der Waals surface area contributed by atoms with Gasteiger partial charge in [0.25, 0.3) is 13.4 Å². The van der Waals surface area contributed by atoms with Crippen LogP contribution in [-0.4, -0.2) is 85.0 Å². The Balaban J connectivity index is 0.00000680. The Hall–Kier alpha value is -3.93. The lowest BCUT2D eigenvalue weighted by Gasteiger charge is -2.31. The first-order valence-corrected chi connectivity index (χ1v) is 25.2. The fraction of sp³-hybridized carbons (Fsp3) is 0.579. The number of carbonyl (C=O) groups excluding carboxylic acids is 1. The fourth-order valence-electron chi connectivity index (χ4n) is 7.35. The number of alkyl halides is 2. The lowest BCUT2D eigenvalue weighted by Crippen LogP contribution is -2.36. The van der Waals surface area contributed by atoms with Gasteiger partial charge in [0.1, 0.15) is 42.0 Å². The zero-order valence-electron chi connectivity index (χ0n) is 35.1. The number of esters is 1. The molecule has 352 valence electrons. The maximum Gasteiger partial charge on any atom is 0.389 e. The number of ether oxygens (including phenoxy) is 3. The second-order valence-electron chi connectivity index (χ2n) is 15.2. The van der Waals surface area contributed by atoms with Crippen LogP contribution < -0.4 is 32.8 Å². The van der Waals surface area contributed by atoms with Crippen molar-refractivity contribution in [3.8, 4) is 5.75 Å². The van der Waals surface area contributed by atoms with Gasteiger partial charge >= 0.3 is 18.5 Å². The maximum atomic E-state index is 16.4. The van der Waals surface area contributed by atoms with Crippen molar-refractivity contribution in [2.24, 2.45) is 0 Å². The van der Waals surface area contributed by atoms with Crippen LogP contribution in [0.25, 0.3) is 11.2 Å². The van der Waals surface area contributed by atoms with Crippen LogP contribution in [0, 0.1) is 0 Å². The average Bonchev–Trinajstić information content (AvgIpc) is 3.91. The quantitative estimate of drug-likeness (QED) is 0.0505. The van der Waals surface area contributed by atoms with Crippen LogP contribution in [0.15, 0.2) is 58.8 Å². The topological polar surface area (TPSA) is 300 Å². The molecule has 3 aliphatic rings. The number of nitrogens with zero attached hydrogens (tertiary/aromatic N) is 5. The van der Waals surface area contributed by atoms with Crippen LogP contribution in [0.2, 0.25) is 0 Å². The standard InChI is InChI=1S/C38H49F2N7O13P2S.H3N/c1-2-3-4-5-6-7-8-9-10-11-28(49)56-24-14-12-23(13-15-24)20-63-62(53)55-18-25-29(39)33(37(57-25)47-22-44-31-34(41)42-21-43-35(31)47)59-61(51,52)54-19-26-32(60-62)30(40)36(58-26)46-17-16-27(48)45-38(46)50;/h12-17,21-22,25-26,29-30,32-33,36-37H,2-11,18-20H2,1H3,(H,51,52)(H2,41,42,43)(H,45,48,50);1H3/t25-,26-,29-,30-,32-,33-,36-,37-,62?;/m1./s1. The molecule has 10 atom stereocenters. The normalized spacial score (nSPS) is 29.6. The number of unbranched alkanes of at least 4 members (excludes halogenated alkanes) is 8. The van der Waals surface area contributed by atoms with Crippen LogP contribution in [-0.2, 0) is 47.2 Å². The van der Waals surface area contributed by atoms with E-state index in [2.05, 4.69) is 21.9 Å². The van der Waals surface area contributed by atoms with E-state index in [0.29, 0.717) is 27.9 Å². The highest BCUT2D eigenvalue weighted by molar-refractivity contribution is 8.54. The number of anilines is 1. The SMILES string of the molecule is CCCCCCCCCCCC(=O)Oc1ccc(CSP2(=O)OC[C@H]3O[C@@H](n4cnc5c(N)ncnc54)[C@H](OP(=O)([O-])OC[C@H]4O[C@@H](n5ccc(=O)[nH]c5=O)[C@H](F)[C@@H]4O2)[C@@H]3F)cc1.[NH4+]. The number of aromatic nitrogens is 6. The Morgan fingerprint density at radius 2 is 1.58 bits per heavy atom. The van der Waals surface area contributed by atoms with E-state index in [4.69, 9.17) is 38.0 Å². The van der Waals surface area contributed by atoms with E-state index in [1.54, 1.807) is 24.3 Å². The van der Waals surface area contributed by atoms with Gasteiger partial charge in [-0.3, -0.25) is 37.3 Å². The molecule has 3 saturated heterocycles. The summed E-state index contributed by atoms with van der Waals surface area (Å²) in [6.07, 6.45) is -1.78. The molecule has 3 aliphatic heterocycles. The summed E-state index contributed by atoms with van der Waals surface area (Å²) >= 11 is 0.586. The lowest BCUT2D eigenvalue weighted by molar-refractivity contribution is -0.236. The molecule has 2 bridgehead atoms. The number of carbonyl (C=O) groups is 1. The maximum absolute atomic E-state index is 16.4. The Kier molecular flexibility index (Phi) is 17.0. The number of quaternary nitrogens is 1. The number of hydrogen-bond acceptors (Lipinski definition) is 18. The number of hydrogen-bond donors (Lipinski definition) is 3. The number of aromatic amines is 1. The minimum absolute atomic E-state index is 0. The lowest BCUT2D eigenvalue weighted by atomic mass is 10.1. The van der Waals surface area contributed by atoms with E-state index in [1.807, 2.05) is 4.98 Å². The molecule has 2 unspecified atom stereocenters. The van der Waals surface area contributed by atoms with Crippen molar-refractivity contribution >= 4 is 49.0 Å². The number of rotatable bonds is 16. The molecule has 26 heteroatoms. The van der Waals surface area contributed by atoms with Crippen LogP contribution >= 0.6 is 26.0 Å². The molecular formula is C38H52F2N8O13P2S. The van der Waals surface area contributed by atoms with Gasteiger partial charge in [-0.2, -0.15) is 0 Å². The predicted octanol–water partition coefficient (Wildman–Crippen LogP) is 5.96. The smallest absolute Gasteiger partial charge is 0.389 e. The van der Waals surface area contributed by atoms with Gasteiger partial charge in [-0.15, -0.1) is 0 Å². The number of H-pyrrole nitrogens is 1. The van der Waals surface area contributed by atoms with Crippen molar-refractivity contribution in [3.05, 3.63) is 75.6 Å². The van der Waals surface area contributed by atoms with E-state index < -0.39 is 88.3 Å². The first-order chi connectivity index (χ1) is 30.2. The minimum atomic E-state index is -5.52. The molecule has 0 spiro atoms. The summed E-state index contributed by atoms with van der Waals surface area (Å²) in [6, 6.07) is 7.24. The molecule has 0 aliphatic carbocycles. The monoisotopic (exact) mass is 960 g/mol. The molecule has 0 radical (unpaired) electrons. The van der Waals surface area contributed by atoms with Gasteiger partial charge in [-0.1, -0.05) is 70.4 Å². The molecule has 4 aromatic rings. The molecule has 1 aromatic carbocycles. The third kappa shape index (κ3) is 12.1. The number of nitrogens with two attached hydrogens (primary N) is 1. The minimum Gasteiger partial charge on any atom is -0.756 e. The number of imidazole rings is 1. The number of benzene rings is 1. The first kappa shape index (κ1) is 49.5. The second-order valence-corrected chi connectivity index (χ2v) is 20.6. The van der Waals surface area contributed by atoms with Gasteiger partial charge < -0.3 is 40.0 Å². The Labute approximate surface area is 369 Å². The zero-order chi connectivity index (χ0) is 44.7. The average molecular weight is 961 g/mol. The molecule has 6 heterocycles. The third-order valence-corrected chi connectivity index (χ3v) is 15.3. The van der Waals surface area contributed by atoms with Crippen LogP contribution in [0.4, 0.5) is 14.6 Å². The number of phosphoric acid groups is 1. The summed E-state index contributed by atoms with van der Waals surface area (Å²) in [6.45, 7) is -4.32. The summed E-state index contributed by atoms with van der Waals surface area (Å²) in [5, 5.41) is 0. The molecule has 0 saturated carbocycles. The molecule has 64 heavy (non-hydrogen) atoms. The van der Waals surface area contributed by atoms with Crippen molar-refractivity contribution in [2.45, 2.75) is 126 Å². The largest absolute Gasteiger partial charge is 0.756 e. The third-order valence-electron chi connectivity index (χ3n) is 10.6. The van der Waals surface area contributed by atoms with Crippen LogP contribution in [0.3, 0.4) is 0 Å². The summed E-state index contributed by atoms with van der Waals surface area (Å²) in [5.74, 6) is -0.219. The van der Waals surface area contributed by atoms with Crippen molar-refractivity contribution in [3.63, 3.8) is 0 Å². The fourth-order valence-corrected chi connectivity index (χ4v) is 11.6. The number of nitrogen functional groups attached to an aromatic ring is 1. The van der Waals surface area contributed by atoms with E-state index in [-0.39, 0.29) is 47.0 Å². The first-order valence-electron chi connectivity index (χ1n) is 20.6. The molecule has 21 nitrogen and oxygen atoms in total. The van der Waals surface area contributed by atoms with Gasteiger partial charge in [-0.25, -0.2) is 33.1 Å². The van der Waals surface area contributed by atoms with Gasteiger partial charge in [0.2, 0.25) is 0 Å². The molecule has 0 amide bonds. The molecular weight excluding hydrogens is 908 g/mol. The zero-order valence-corrected chi connectivity index (χ0v) is 37.7. The van der Waals surface area contributed by atoms with Gasteiger partial charge in [-0.05, 0) is 35.5 Å². The molecule has 7 rings (SSSR count). The summed E-state index contributed by atoms with van der Waals surface area (Å²) < 4.78 is 102. The van der Waals surface area contributed by atoms with Crippen LogP contribution in [0.5, 0.6) is 5.75 Å².